The molecule has 0 amide bonds. The molecule has 0 aromatic heterocycles. The summed E-state index contributed by atoms with van der Waals surface area (Å²) in [4.78, 5) is 11.5. The van der Waals surface area contributed by atoms with Crippen LogP contribution in [0.15, 0.2) is 35.9 Å². The number of hydrogen-bond acceptors (Lipinski definition) is 3. The molecule has 0 aliphatic heterocycles. The van der Waals surface area contributed by atoms with Crippen LogP contribution >= 0.6 is 28.5 Å². The van der Waals surface area contributed by atoms with Crippen LogP contribution in [0.25, 0.3) is 0 Å². The summed E-state index contributed by atoms with van der Waals surface area (Å²) in [5.41, 5.74) is 2.28. The van der Waals surface area contributed by atoms with E-state index in [2.05, 4.69) is 28.1 Å². The molecule has 0 bridgehead atoms. The van der Waals surface area contributed by atoms with E-state index in [1.54, 1.807) is 0 Å². The van der Waals surface area contributed by atoms with Crippen molar-refractivity contribution < 1.29 is 14.1 Å². The standard InChI is InChI=1S/C14H18IO3P.C2H6/c1-10(2)8-12(9-14(16)17-3)11-4-6-13(7-5-11)18-19-15;1-2/h4-8,12,19H,9H2,1-3H3;1-2H3. The number of carbonyl (C=O) groups excluding carboxylic acids is 1. The van der Waals surface area contributed by atoms with Crippen molar-refractivity contribution in [3.05, 3.63) is 41.5 Å². The van der Waals surface area contributed by atoms with Gasteiger partial charge in [0, 0.05) is 5.92 Å². The molecule has 0 saturated carbocycles. The number of carbonyl (C=O) groups is 1. The van der Waals surface area contributed by atoms with Crippen molar-refractivity contribution in [2.24, 2.45) is 0 Å². The first-order valence-corrected chi connectivity index (χ1v) is 10.9. The summed E-state index contributed by atoms with van der Waals surface area (Å²) in [7, 11) is 1.42. The molecule has 3 nitrogen and oxygen atoms in total. The minimum absolute atomic E-state index is 0.0496. The van der Waals surface area contributed by atoms with Crippen molar-refractivity contribution in [1.29, 1.82) is 0 Å². The maximum absolute atomic E-state index is 11.5. The second kappa shape index (κ2) is 12.0. The Kier molecular flexibility index (Phi) is 11.6. The average Bonchev–Trinajstić information content (AvgIpc) is 2.49. The van der Waals surface area contributed by atoms with Gasteiger partial charge in [-0.1, -0.05) is 37.6 Å². The predicted molar refractivity (Wildman–Crippen MR) is 99.6 cm³/mol. The summed E-state index contributed by atoms with van der Waals surface area (Å²) < 4.78 is 10.2. The highest BCUT2D eigenvalue weighted by Crippen LogP contribution is 2.29. The van der Waals surface area contributed by atoms with Crippen LogP contribution in [0.3, 0.4) is 0 Å². The number of halogens is 1. The van der Waals surface area contributed by atoms with Crippen LogP contribution in [-0.4, -0.2) is 13.1 Å². The van der Waals surface area contributed by atoms with E-state index in [1.807, 2.05) is 52.0 Å². The highest BCUT2D eigenvalue weighted by Gasteiger charge is 2.14. The molecular formula is C16H24IO3P. The van der Waals surface area contributed by atoms with Crippen molar-refractivity contribution in [2.75, 3.05) is 7.11 Å². The zero-order chi connectivity index (χ0) is 16.3. The normalized spacial score (nSPS) is 11.3. The van der Waals surface area contributed by atoms with Gasteiger partial charge in [-0.2, -0.15) is 0 Å². The third-order valence-corrected chi connectivity index (χ3v) is 3.59. The smallest absolute Gasteiger partial charge is 0.306 e. The minimum atomic E-state index is -0.198. The molecule has 1 rings (SSSR count). The quantitative estimate of drug-likeness (QED) is 0.257. The molecule has 0 aliphatic carbocycles. The van der Waals surface area contributed by atoms with Gasteiger partial charge in [0.1, 0.15) is 12.2 Å². The molecule has 0 radical (unpaired) electrons. The van der Waals surface area contributed by atoms with Crippen LogP contribution in [0.4, 0.5) is 0 Å². The number of benzene rings is 1. The summed E-state index contributed by atoms with van der Waals surface area (Å²) in [5.74, 6) is 0.704. The highest BCUT2D eigenvalue weighted by molar-refractivity contribution is 14.2. The molecular weight excluding hydrogens is 398 g/mol. The molecule has 5 heteroatoms. The Bertz CT molecular complexity index is 439. The Morgan fingerprint density at radius 3 is 2.29 bits per heavy atom. The minimum Gasteiger partial charge on any atom is -0.469 e. The summed E-state index contributed by atoms with van der Waals surface area (Å²) in [6.45, 7) is 8.46. The van der Waals surface area contributed by atoms with E-state index in [0.717, 1.165) is 11.3 Å². The van der Waals surface area contributed by atoms with Gasteiger partial charge in [0.2, 0.25) is 0 Å². The van der Waals surface area contributed by atoms with Gasteiger partial charge in [0.15, 0.2) is 0 Å². The molecule has 0 fully saturated rings. The third-order valence-electron chi connectivity index (χ3n) is 2.61. The first-order chi connectivity index (χ1) is 10.1. The molecule has 0 N–H and O–H groups in total. The molecule has 21 heavy (non-hydrogen) atoms. The van der Waals surface area contributed by atoms with Gasteiger partial charge in [-0.3, -0.25) is 4.79 Å². The van der Waals surface area contributed by atoms with Crippen LogP contribution in [0.5, 0.6) is 5.75 Å². The number of methoxy groups -OCH3 is 1. The molecule has 1 aromatic carbocycles. The van der Waals surface area contributed by atoms with Gasteiger partial charge < -0.3 is 9.26 Å². The summed E-state index contributed by atoms with van der Waals surface area (Å²) in [5, 5.41) is 0. The fourth-order valence-corrected chi connectivity index (χ4v) is 2.75. The lowest BCUT2D eigenvalue weighted by Crippen LogP contribution is -2.07. The Hall–Kier alpha value is -0.610. The number of hydrogen-bond donors (Lipinski definition) is 0. The van der Waals surface area contributed by atoms with Crippen molar-refractivity contribution in [3.63, 3.8) is 0 Å². The van der Waals surface area contributed by atoms with E-state index < -0.39 is 0 Å². The first-order valence-electron chi connectivity index (χ1n) is 6.91. The van der Waals surface area contributed by atoms with Crippen LogP contribution in [0.2, 0.25) is 0 Å². The van der Waals surface area contributed by atoms with E-state index in [9.17, 15) is 4.79 Å². The largest absolute Gasteiger partial charge is 0.469 e. The number of esters is 1. The molecule has 0 aliphatic rings. The fraction of sp³-hybridized carbons (Fsp3) is 0.438. The van der Waals surface area contributed by atoms with Crippen molar-refractivity contribution in [2.45, 2.75) is 40.0 Å². The van der Waals surface area contributed by atoms with E-state index in [0.29, 0.717) is 12.9 Å². The van der Waals surface area contributed by atoms with Crippen molar-refractivity contribution >= 4 is 34.5 Å². The summed E-state index contributed by atoms with van der Waals surface area (Å²) in [6, 6.07) is 7.87. The second-order valence-electron chi connectivity index (χ2n) is 4.38. The van der Waals surface area contributed by atoms with Crippen LogP contribution in [0.1, 0.15) is 45.6 Å². The van der Waals surface area contributed by atoms with E-state index >= 15 is 0 Å². The fourth-order valence-electron chi connectivity index (χ4n) is 1.77. The number of rotatable bonds is 6. The van der Waals surface area contributed by atoms with Gasteiger partial charge in [-0.05, 0) is 53.6 Å². The van der Waals surface area contributed by atoms with Gasteiger partial charge >= 0.3 is 5.97 Å². The lowest BCUT2D eigenvalue weighted by Gasteiger charge is -2.13. The SMILES string of the molecule is CC.COC(=O)CC(C=C(C)C)c1ccc(OPI)cc1. The van der Waals surface area contributed by atoms with Crippen LogP contribution < -0.4 is 4.52 Å². The van der Waals surface area contributed by atoms with E-state index in [-0.39, 0.29) is 11.9 Å². The third kappa shape index (κ3) is 8.42. The van der Waals surface area contributed by atoms with E-state index in [1.165, 1.54) is 12.7 Å². The summed E-state index contributed by atoms with van der Waals surface area (Å²) in [6.07, 6.45) is 2.45. The Morgan fingerprint density at radius 1 is 1.29 bits per heavy atom. The van der Waals surface area contributed by atoms with E-state index in [4.69, 9.17) is 9.26 Å². The monoisotopic (exact) mass is 422 g/mol. The number of allylic oxidation sites excluding steroid dienone is 2. The predicted octanol–water partition coefficient (Wildman–Crippen LogP) is 5.65. The molecule has 0 spiro atoms. The zero-order valence-corrected chi connectivity index (χ0v) is 16.4. The molecule has 0 heterocycles. The molecule has 0 saturated heterocycles. The topological polar surface area (TPSA) is 35.5 Å². The van der Waals surface area contributed by atoms with Crippen molar-refractivity contribution in [1.82, 2.24) is 0 Å². The molecule has 2 unspecified atom stereocenters. The zero-order valence-electron chi connectivity index (χ0n) is 13.3. The van der Waals surface area contributed by atoms with Gasteiger partial charge in [0.25, 0.3) is 0 Å². The first kappa shape index (κ1) is 20.4. The lowest BCUT2D eigenvalue weighted by atomic mass is 9.94. The Morgan fingerprint density at radius 2 is 1.86 bits per heavy atom. The maximum atomic E-state index is 11.5. The van der Waals surface area contributed by atoms with Gasteiger partial charge in [-0.15, -0.1) is 0 Å². The maximum Gasteiger partial charge on any atom is 0.306 e. The van der Waals surface area contributed by atoms with Crippen LogP contribution in [0, 0.1) is 0 Å². The average molecular weight is 422 g/mol. The summed E-state index contributed by atoms with van der Waals surface area (Å²) >= 11 is 2.18. The van der Waals surface area contributed by atoms with Gasteiger partial charge in [0.05, 0.1) is 13.5 Å². The second-order valence-corrected chi connectivity index (χ2v) is 6.06. The molecule has 118 valence electrons. The highest BCUT2D eigenvalue weighted by atomic mass is 127. The molecule has 1 aromatic rings. The Labute approximate surface area is 142 Å². The lowest BCUT2D eigenvalue weighted by molar-refractivity contribution is -0.140. The van der Waals surface area contributed by atoms with Crippen molar-refractivity contribution in [3.8, 4) is 5.75 Å². The van der Waals surface area contributed by atoms with Gasteiger partial charge in [-0.25, -0.2) is 0 Å². The van der Waals surface area contributed by atoms with Crippen LogP contribution in [-0.2, 0) is 9.53 Å². The number of ether oxygens (including phenoxy) is 1. The molecule has 2 atom stereocenters. The Balaban J connectivity index is 0.00000191.